The summed E-state index contributed by atoms with van der Waals surface area (Å²) in [5.41, 5.74) is 16.6. The van der Waals surface area contributed by atoms with Crippen LogP contribution < -0.4 is 70.5 Å². The van der Waals surface area contributed by atoms with Gasteiger partial charge in [-0.2, -0.15) is 47.7 Å². The number of carbonyl (C=O) groups is 2. The highest BCUT2D eigenvalue weighted by Gasteiger charge is 2.30. The second kappa shape index (κ2) is 46.9. The smallest absolute Gasteiger partial charge is 0.430 e. The third kappa shape index (κ3) is 31.7. The Morgan fingerprint density at radius 3 is 1.50 bits per heavy atom. The van der Waals surface area contributed by atoms with E-state index in [1.807, 2.05) is 147 Å². The molecule has 33 heteroatoms. The first kappa shape index (κ1) is 94.2. The molecule has 0 atom stereocenters. The van der Waals surface area contributed by atoms with E-state index in [9.17, 15) is 26.3 Å². The van der Waals surface area contributed by atoms with Gasteiger partial charge in [0.2, 0.25) is 5.01 Å². The van der Waals surface area contributed by atoms with Gasteiger partial charge in [-0.1, -0.05) is 76.8 Å². The molecular weight excluding hydrogens is 1710 g/mol. The highest BCUT2D eigenvalue weighted by Crippen LogP contribution is 2.26. The van der Waals surface area contributed by atoms with E-state index < -0.39 is 24.3 Å². The number of aromatic amines is 4. The monoisotopic (exact) mass is 1780 g/mol. The van der Waals surface area contributed by atoms with Crippen LogP contribution in [0.3, 0.4) is 0 Å². The minimum Gasteiger partial charge on any atom is -1.00 e. The predicted octanol–water partition coefficient (Wildman–Crippen LogP) is 8.40. The molecular formula is C88H75Cl2F6N15O4S6. The third-order valence-electron chi connectivity index (χ3n) is 16.5. The van der Waals surface area contributed by atoms with Gasteiger partial charge in [0.25, 0.3) is 23.1 Å². The van der Waals surface area contributed by atoms with Gasteiger partial charge in [0.1, 0.15) is 58.8 Å². The van der Waals surface area contributed by atoms with Crippen LogP contribution in [0.1, 0.15) is 112 Å². The number of carbonyl (C=O) groups excluding carboxylic acids is 2. The summed E-state index contributed by atoms with van der Waals surface area (Å²) in [5.74, 6) is 30.7. The van der Waals surface area contributed by atoms with Crippen molar-refractivity contribution < 1.29 is 90.9 Å². The second-order valence-electron chi connectivity index (χ2n) is 25.8. The number of anilines is 4. The van der Waals surface area contributed by atoms with E-state index in [4.69, 9.17) is 19.8 Å². The second-order valence-corrected chi connectivity index (χ2v) is 32.3. The molecule has 14 aromatic rings. The van der Waals surface area contributed by atoms with Crippen LogP contribution in [0, 0.1) is 108 Å². The Bertz CT molecular complexity index is 6030. The van der Waals surface area contributed by atoms with E-state index in [0.717, 1.165) is 123 Å². The fourth-order valence-corrected chi connectivity index (χ4v) is 14.1. The third-order valence-corrected chi connectivity index (χ3v) is 21.3. The van der Waals surface area contributed by atoms with Gasteiger partial charge in [0, 0.05) is 105 Å². The molecule has 0 unspecified atom stereocenters. The predicted molar refractivity (Wildman–Crippen MR) is 453 cm³/mol. The molecule has 1 aliphatic heterocycles. The van der Waals surface area contributed by atoms with Crippen LogP contribution in [0.5, 0.6) is 0 Å². The van der Waals surface area contributed by atoms with Crippen LogP contribution in [0.2, 0.25) is 0 Å². The zero-order valence-corrected chi connectivity index (χ0v) is 72.1. The van der Waals surface area contributed by atoms with E-state index in [2.05, 4.69) is 221 Å². The number of rotatable bonds is 7. The minimum absolute atomic E-state index is 0. The quantitative estimate of drug-likeness (QED) is 0.112. The Hall–Kier alpha value is -12.3. The molecule has 1 aliphatic carbocycles. The van der Waals surface area contributed by atoms with Crippen LogP contribution >= 0.6 is 68.4 Å². The van der Waals surface area contributed by atoms with Crippen LogP contribution in [0.25, 0.3) is 28.0 Å². The number of carboxylic acid groups (broad SMARTS) is 2. The number of aromatic nitrogens is 12. The molecule has 1 saturated heterocycles. The van der Waals surface area contributed by atoms with Crippen LogP contribution in [0.15, 0.2) is 198 Å². The lowest BCUT2D eigenvalue weighted by atomic mass is 9.93. The zero-order valence-electron chi connectivity index (χ0n) is 65.7. The van der Waals surface area contributed by atoms with Gasteiger partial charge in [0.05, 0.1) is 96.9 Å². The first-order valence-corrected chi connectivity index (χ1v) is 41.9. The first-order chi connectivity index (χ1) is 57.2. The maximum atomic E-state index is 10.5. The number of aryl methyl sites for hydroxylation is 7. The number of alkyl halides is 6. The molecule has 12 aromatic heterocycles. The number of halogens is 8. The number of benzene rings is 2. The van der Waals surface area contributed by atoms with Gasteiger partial charge in [-0.25, -0.2) is 34.9 Å². The Balaban J connectivity index is 0.000000180. The summed E-state index contributed by atoms with van der Waals surface area (Å²) in [4.78, 5) is 63.2. The lowest BCUT2D eigenvalue weighted by Crippen LogP contribution is -3.00. The summed E-state index contributed by atoms with van der Waals surface area (Å²) in [6.07, 6.45) is 10.3. The molecule has 2 aliphatic rings. The van der Waals surface area contributed by atoms with Crippen molar-refractivity contribution in [3.8, 4) is 76.3 Å². The van der Waals surface area contributed by atoms with Gasteiger partial charge in [-0.15, -0.1) is 45.3 Å². The van der Waals surface area contributed by atoms with E-state index in [1.165, 1.54) is 64.2 Å². The molecule has 0 spiro atoms. The van der Waals surface area contributed by atoms with Crippen LogP contribution in [0.4, 0.5) is 49.4 Å². The molecule has 121 heavy (non-hydrogen) atoms. The minimum atomic E-state index is -5.19. The van der Waals surface area contributed by atoms with Gasteiger partial charge < -0.3 is 49.9 Å². The van der Waals surface area contributed by atoms with Gasteiger partial charge in [-0.05, 0) is 157 Å². The van der Waals surface area contributed by atoms with E-state index in [0.29, 0.717) is 6.04 Å². The molecule has 1 saturated carbocycles. The maximum Gasteiger partial charge on any atom is 0.430 e. The number of nitrogens with one attached hydrogen (secondary N) is 6. The number of nitrogens with zero attached hydrogens (tertiary/aromatic N) is 9. The average Bonchev–Trinajstić information content (AvgIpc) is 1.78. The fourth-order valence-electron chi connectivity index (χ4n) is 10.4. The molecule has 6 N–H and O–H groups in total. The number of pyridine rings is 6. The summed E-state index contributed by atoms with van der Waals surface area (Å²) in [6.45, 7) is 16.4. The van der Waals surface area contributed by atoms with Crippen molar-refractivity contribution >= 4 is 114 Å². The molecule has 618 valence electrons. The number of hydrogen-bond acceptors (Lipinski definition) is 20. The topological polar surface area (TPSA) is 259 Å². The molecule has 2 fully saturated rings. The van der Waals surface area contributed by atoms with Crippen molar-refractivity contribution in [1.29, 1.82) is 0 Å². The normalized spacial score (nSPS) is 11.5. The summed E-state index contributed by atoms with van der Waals surface area (Å²) in [6, 6.07) is 39.7. The van der Waals surface area contributed by atoms with E-state index in [-0.39, 0.29) is 24.8 Å². The Morgan fingerprint density at radius 2 is 1.03 bits per heavy atom. The van der Waals surface area contributed by atoms with Crippen LogP contribution in [-0.2, 0) is 9.59 Å². The number of H-pyrrole nitrogens is 4. The van der Waals surface area contributed by atoms with Crippen molar-refractivity contribution in [2.45, 2.75) is 86.1 Å². The molecule has 0 bridgehead atoms. The Morgan fingerprint density at radius 1 is 0.512 bits per heavy atom. The number of aliphatic carboxylic acids is 2. The zero-order chi connectivity index (χ0) is 84.7. The fraction of sp³-hybridized carbons (Fsp3) is 0.193. The number of fused-ring (bicyclic) bond motifs is 1. The number of carboxylic acids is 2. The lowest BCUT2D eigenvalue weighted by molar-refractivity contribution is -0.383. The van der Waals surface area contributed by atoms with Gasteiger partial charge >= 0.3 is 12.4 Å². The van der Waals surface area contributed by atoms with Crippen molar-refractivity contribution in [3.05, 3.63) is 290 Å². The molecule has 19 nitrogen and oxygen atoms in total. The summed E-state index contributed by atoms with van der Waals surface area (Å²) < 4.78 is 65.2. The molecule has 13 heterocycles. The number of hydrogen-bond donors (Lipinski definition) is 2. The van der Waals surface area contributed by atoms with Crippen LogP contribution in [-0.4, -0.2) is 94.4 Å². The largest absolute Gasteiger partial charge is 1.00 e. The number of thioether (sulfide) groups is 1. The van der Waals surface area contributed by atoms with Crippen molar-refractivity contribution in [3.63, 3.8) is 0 Å². The highest BCUT2D eigenvalue weighted by atomic mass is 35.5. The SMILES string of the molecule is Cc1[nH+]c(C#Cc2cncc(Nc3cccnc3)c2)cs1.Cc1ccc(C)c(-c2ccc(C#Cc3csc(C)n3)cn2)c1.Cc1nc(C#Cc2ccc(-n3ccc4ccccc43)[nH+]c2)cs1.Cc1nc(C#Cc2ccc(N3CCSCC3)[nH+]c2)cs1.Cc1nc(C#Cc2ccc(NC3CCC3)[nH+]c2)cs1.O=C([O-])C(F)(F)F.O=C([O-])C(F)(F)F.[Cl-].[Cl-]. The average molecular weight is 1780 g/mol. The Labute approximate surface area is 732 Å². The van der Waals surface area contributed by atoms with Gasteiger partial charge in [-0.3, -0.25) is 25.2 Å². The summed E-state index contributed by atoms with van der Waals surface area (Å²) in [7, 11) is 0. The maximum absolute atomic E-state index is 10.5. The molecule has 0 amide bonds. The van der Waals surface area contributed by atoms with E-state index in [1.54, 1.807) is 81.5 Å². The standard InChI is InChI=1S/C19H13N3S.C19H16N2S.C16H12N4S.C15H15N3S2.C15H15N3S.2C2HF3O2.2ClH/c1-14-21-17(13-23-14)8-6-15-7-9-19(20-12-15)22-11-10-16-4-2-3-5-18(16)22;1-13-4-5-14(2)18(10-13)19-9-7-16(11-20-19)6-8-17-12-22-15(3)21-17;1-12-19-15(11-21-12)5-4-13-7-16(10-18-8-13)20-14-3-2-6-17-9-14;1-12-17-14(11-20-12)4-2-13-3-5-15(16-10-13)18-6-8-19-9-7-18;1-11-17-14(10-19-11)7-5-12-6-8-15(16-9-12)18-13-3-2-4-13;2*3-2(4,5)1(6)7;;/h2-5,7,9-13H,1H3;4-5,7,9-12H,1-3H3;2-3,6-11,20H,1H3;3,5,10-11H,6-9H2,1H3;6,8-10,13H,2-4H2,1H3,(H,16,18);2*(H,6,7);2*1H. The van der Waals surface area contributed by atoms with E-state index >= 15 is 0 Å². The first-order valence-electron chi connectivity index (χ1n) is 36.4. The molecule has 0 radical (unpaired) electrons. The molecule has 16 rings (SSSR count). The Kier molecular flexibility index (Phi) is 36.5. The number of para-hydroxylation sites is 1. The summed E-state index contributed by atoms with van der Waals surface area (Å²) in [5, 5.41) is 40.8. The van der Waals surface area contributed by atoms with Crippen molar-refractivity contribution in [1.82, 2.24) is 39.5 Å². The highest BCUT2D eigenvalue weighted by molar-refractivity contribution is 7.99. The number of thiazole rings is 5. The summed E-state index contributed by atoms with van der Waals surface area (Å²) >= 11 is 10.2. The molecule has 2 aromatic carbocycles. The van der Waals surface area contributed by atoms with Crippen molar-refractivity contribution in [2.24, 2.45) is 0 Å². The lowest BCUT2D eigenvalue weighted by Gasteiger charge is -2.21. The van der Waals surface area contributed by atoms with Crippen molar-refractivity contribution in [2.75, 3.05) is 40.1 Å². The van der Waals surface area contributed by atoms with Gasteiger partial charge in [0.15, 0.2) is 0 Å².